The number of rotatable bonds is 3. The van der Waals surface area contributed by atoms with Gasteiger partial charge in [0.05, 0.1) is 6.61 Å². The quantitative estimate of drug-likeness (QED) is 0.280. The van der Waals surface area contributed by atoms with Crippen molar-refractivity contribution in [2.24, 2.45) is 0 Å². The van der Waals surface area contributed by atoms with Crippen molar-refractivity contribution in [1.82, 2.24) is 0 Å². The number of phosphoric ester groups is 1. The smallest absolute Gasteiger partial charge is 0.303 e. The molecule has 114 valence electrons. The summed E-state index contributed by atoms with van der Waals surface area (Å²) >= 11 is 0. The Morgan fingerprint density at radius 2 is 1.00 bits per heavy atom. The van der Waals surface area contributed by atoms with Crippen molar-refractivity contribution >= 4 is 23.5 Å². The van der Waals surface area contributed by atoms with Crippen LogP contribution in [-0.2, 0) is 18.2 Å². The first-order chi connectivity index (χ1) is 7.56. The third-order valence-electron chi connectivity index (χ3n) is 0.464. The predicted octanol–water partition coefficient (Wildman–Crippen LogP) is -1.35. The van der Waals surface area contributed by atoms with Crippen LogP contribution in [0.3, 0.4) is 0 Å². The molecule has 0 aromatic rings. The van der Waals surface area contributed by atoms with Crippen LogP contribution in [-0.4, -0.2) is 45.8 Å². The van der Waals surface area contributed by atoms with Crippen molar-refractivity contribution in [3.63, 3.8) is 0 Å². The van der Waals surface area contributed by atoms with Gasteiger partial charge in [-0.05, 0) is 6.42 Å². The largest absolute Gasteiger partial charge is 0.469 e. The molecule has 0 aliphatic carbocycles. The summed E-state index contributed by atoms with van der Waals surface area (Å²) in [6, 6.07) is 0. The molecule has 0 bridgehead atoms. The van der Waals surface area contributed by atoms with Gasteiger partial charge in [0.15, 0.2) is 0 Å². The van der Waals surface area contributed by atoms with Crippen LogP contribution < -0.4 is 0 Å². The fourth-order valence-corrected chi connectivity index (χ4v) is 0.631. The minimum absolute atomic E-state index is 0.115. The number of phosphoric acid groups is 3. The summed E-state index contributed by atoms with van der Waals surface area (Å²) in [4.78, 5) is 59.2. The standard InChI is InChI=1S/C3H9O4P.2H3O4P/c1-2-3-7-8(4,5)6;2*1-5(2,3)4/h2-3H2,1H3,(H2,4,5,6);2*(H3,1,2,3,4). The second kappa shape index (κ2) is 10.2. The lowest BCUT2D eigenvalue weighted by Gasteiger charge is -2.00. The van der Waals surface area contributed by atoms with Gasteiger partial charge in [-0.3, -0.25) is 4.52 Å². The molecule has 0 aliphatic rings. The van der Waals surface area contributed by atoms with E-state index < -0.39 is 23.5 Å². The zero-order chi connectivity index (χ0) is 15.6. The highest BCUT2D eigenvalue weighted by Crippen LogP contribution is 2.35. The second-order valence-corrected chi connectivity index (χ2v) is 5.64. The van der Waals surface area contributed by atoms with E-state index >= 15 is 0 Å². The molecule has 0 amide bonds. The molecule has 12 nitrogen and oxygen atoms in total. The molecule has 0 saturated heterocycles. The maximum Gasteiger partial charge on any atom is 0.469 e. The van der Waals surface area contributed by atoms with E-state index in [0.29, 0.717) is 6.42 Å². The van der Waals surface area contributed by atoms with Crippen LogP contribution in [0.15, 0.2) is 0 Å². The first kappa shape index (κ1) is 23.4. The molecule has 0 saturated carbocycles. The SMILES string of the molecule is CCCOP(=O)(O)O.O=P(O)(O)O.O=P(O)(O)O. The van der Waals surface area contributed by atoms with Gasteiger partial charge >= 0.3 is 23.5 Å². The molecule has 0 heterocycles. The van der Waals surface area contributed by atoms with Gasteiger partial charge in [0.2, 0.25) is 0 Å². The maximum atomic E-state index is 9.86. The Morgan fingerprint density at radius 1 is 0.778 bits per heavy atom. The van der Waals surface area contributed by atoms with E-state index in [1.54, 1.807) is 6.92 Å². The number of hydrogen-bond donors (Lipinski definition) is 8. The van der Waals surface area contributed by atoms with Gasteiger partial charge in [0.1, 0.15) is 0 Å². The lowest BCUT2D eigenvalue weighted by molar-refractivity contribution is 0.197. The molecule has 8 N–H and O–H groups in total. The van der Waals surface area contributed by atoms with Gasteiger partial charge in [-0.2, -0.15) is 0 Å². The average Bonchev–Trinajstić information content (AvgIpc) is 1.92. The van der Waals surface area contributed by atoms with Crippen LogP contribution >= 0.6 is 23.5 Å². The Morgan fingerprint density at radius 3 is 1.06 bits per heavy atom. The molecule has 0 aliphatic heterocycles. The first-order valence-electron chi connectivity index (χ1n) is 3.83. The summed E-state index contributed by atoms with van der Waals surface area (Å²) in [6.45, 7) is 1.89. The Balaban J connectivity index is -0.000000197. The molecule has 0 atom stereocenters. The molecular formula is C3H15O12P3. The zero-order valence-electron chi connectivity index (χ0n) is 8.97. The molecule has 0 rings (SSSR count). The molecular weight excluding hydrogens is 321 g/mol. The summed E-state index contributed by atoms with van der Waals surface area (Å²) in [5, 5.41) is 0. The topological polar surface area (TPSA) is 222 Å². The van der Waals surface area contributed by atoms with Crippen molar-refractivity contribution in [1.29, 1.82) is 0 Å². The van der Waals surface area contributed by atoms with Crippen LogP contribution in [0.1, 0.15) is 13.3 Å². The highest BCUT2D eigenvalue weighted by molar-refractivity contribution is 7.46. The zero-order valence-corrected chi connectivity index (χ0v) is 11.6. The average molecular weight is 336 g/mol. The van der Waals surface area contributed by atoms with Gasteiger partial charge in [-0.25, -0.2) is 13.7 Å². The lowest BCUT2D eigenvalue weighted by Crippen LogP contribution is -1.88. The molecule has 0 aromatic carbocycles. The van der Waals surface area contributed by atoms with E-state index in [2.05, 4.69) is 4.52 Å². The fraction of sp³-hybridized carbons (Fsp3) is 1.00. The van der Waals surface area contributed by atoms with Crippen LogP contribution in [0.2, 0.25) is 0 Å². The summed E-state index contributed by atoms with van der Waals surface area (Å²) in [5.74, 6) is 0. The monoisotopic (exact) mass is 336 g/mol. The third kappa shape index (κ3) is 135. The Hall–Kier alpha value is 0.330. The van der Waals surface area contributed by atoms with E-state index in [9.17, 15) is 4.57 Å². The van der Waals surface area contributed by atoms with Gasteiger partial charge in [0.25, 0.3) is 0 Å². The summed E-state index contributed by atoms with van der Waals surface area (Å²) in [5.41, 5.74) is 0. The van der Waals surface area contributed by atoms with Crippen molar-refractivity contribution in [2.45, 2.75) is 13.3 Å². The summed E-state index contributed by atoms with van der Waals surface area (Å²) in [6.07, 6.45) is 0.616. The minimum atomic E-state index is -4.64. The molecule has 18 heavy (non-hydrogen) atoms. The first-order valence-corrected chi connectivity index (χ1v) is 8.49. The van der Waals surface area contributed by atoms with Crippen LogP contribution in [0.5, 0.6) is 0 Å². The predicted molar refractivity (Wildman–Crippen MR) is 56.8 cm³/mol. The van der Waals surface area contributed by atoms with E-state index in [4.69, 9.17) is 48.3 Å². The van der Waals surface area contributed by atoms with Gasteiger partial charge in [-0.15, -0.1) is 0 Å². The van der Waals surface area contributed by atoms with E-state index in [1.165, 1.54) is 0 Å². The highest BCUT2D eigenvalue weighted by Gasteiger charge is 2.11. The molecule has 0 spiro atoms. The lowest BCUT2D eigenvalue weighted by atomic mass is 10.5. The van der Waals surface area contributed by atoms with Crippen LogP contribution in [0.25, 0.3) is 0 Å². The second-order valence-electron chi connectivity index (χ2n) is 2.35. The fourth-order valence-electron chi connectivity index (χ4n) is 0.210. The summed E-state index contributed by atoms with van der Waals surface area (Å²) in [7, 11) is -13.5. The van der Waals surface area contributed by atoms with Crippen molar-refractivity contribution < 1.29 is 57.4 Å². The normalized spacial score (nSPS) is 11.8. The van der Waals surface area contributed by atoms with Crippen molar-refractivity contribution in [3.8, 4) is 0 Å². The van der Waals surface area contributed by atoms with E-state index in [-0.39, 0.29) is 6.61 Å². The van der Waals surface area contributed by atoms with E-state index in [0.717, 1.165) is 0 Å². The Labute approximate surface area is 102 Å². The van der Waals surface area contributed by atoms with Crippen molar-refractivity contribution in [3.05, 3.63) is 0 Å². The van der Waals surface area contributed by atoms with Gasteiger partial charge in [0, 0.05) is 0 Å². The highest BCUT2D eigenvalue weighted by atomic mass is 31.2. The van der Waals surface area contributed by atoms with E-state index in [1.807, 2.05) is 0 Å². The molecule has 0 radical (unpaired) electrons. The van der Waals surface area contributed by atoms with Gasteiger partial charge < -0.3 is 39.1 Å². The van der Waals surface area contributed by atoms with Crippen LogP contribution in [0, 0.1) is 0 Å². The summed E-state index contributed by atoms with van der Waals surface area (Å²) < 4.78 is 31.7. The van der Waals surface area contributed by atoms with Crippen LogP contribution in [0.4, 0.5) is 0 Å². The third-order valence-corrected chi connectivity index (χ3v) is 0.983. The molecule has 0 fully saturated rings. The maximum absolute atomic E-state index is 9.86. The molecule has 0 aromatic heterocycles. The molecule has 0 unspecified atom stereocenters. The Kier molecular flexibility index (Phi) is 13.2. The van der Waals surface area contributed by atoms with Crippen molar-refractivity contribution in [2.75, 3.05) is 6.61 Å². The number of hydrogen-bond acceptors (Lipinski definition) is 4. The van der Waals surface area contributed by atoms with Gasteiger partial charge in [-0.1, -0.05) is 6.92 Å². The molecule has 15 heteroatoms. The minimum Gasteiger partial charge on any atom is -0.303 e. The Bertz CT molecular complexity index is 283.